The summed E-state index contributed by atoms with van der Waals surface area (Å²) in [7, 11) is -3.85. The van der Waals surface area contributed by atoms with Gasteiger partial charge in [0.25, 0.3) is 5.56 Å². The fourth-order valence-electron chi connectivity index (χ4n) is 3.37. The van der Waals surface area contributed by atoms with E-state index in [4.69, 9.17) is 16.2 Å². The van der Waals surface area contributed by atoms with E-state index in [1.54, 1.807) is 12.3 Å². The zero-order valence-corrected chi connectivity index (χ0v) is 19.3. The standard InChI is InChI=1S/C22H25N7O4S/c1-2-7-33-20-4-3-14(34(31,32)27-6-5-13-11-25-12-26-13)8-16(20)21-28-19-10-18(24)17(23)9-15(19)22(30)29-21/h3-4,8-12,27H,2,5-7,23-24H2,1H3,(H,25,26)(H,28,29,30). The third kappa shape index (κ3) is 4.87. The number of rotatable bonds is 9. The summed E-state index contributed by atoms with van der Waals surface area (Å²) in [5.74, 6) is 0.546. The van der Waals surface area contributed by atoms with Crippen molar-refractivity contribution in [1.29, 1.82) is 0 Å². The van der Waals surface area contributed by atoms with E-state index in [9.17, 15) is 13.2 Å². The van der Waals surface area contributed by atoms with E-state index in [-0.39, 0.29) is 34.0 Å². The number of nitrogens with zero attached hydrogens (tertiary/aromatic N) is 2. The highest BCUT2D eigenvalue weighted by atomic mass is 32.2. The van der Waals surface area contributed by atoms with Crippen molar-refractivity contribution in [2.45, 2.75) is 24.7 Å². The summed E-state index contributed by atoms with van der Waals surface area (Å²) in [6, 6.07) is 7.39. The van der Waals surface area contributed by atoms with Gasteiger partial charge in [-0.2, -0.15) is 0 Å². The Labute approximate surface area is 195 Å². The van der Waals surface area contributed by atoms with Gasteiger partial charge in [-0.05, 0) is 36.8 Å². The van der Waals surface area contributed by atoms with E-state index < -0.39 is 15.6 Å². The van der Waals surface area contributed by atoms with Crippen molar-refractivity contribution in [3.05, 3.63) is 58.9 Å². The number of hydrogen-bond acceptors (Lipinski definition) is 8. The number of aromatic amines is 2. The zero-order valence-electron chi connectivity index (χ0n) is 18.5. The summed E-state index contributed by atoms with van der Waals surface area (Å²) >= 11 is 0. The van der Waals surface area contributed by atoms with Gasteiger partial charge in [0.1, 0.15) is 11.6 Å². The minimum Gasteiger partial charge on any atom is -0.493 e. The Bertz CT molecular complexity index is 1480. The molecule has 0 aliphatic heterocycles. The number of benzene rings is 2. The molecule has 0 bridgehead atoms. The van der Waals surface area contributed by atoms with Crippen LogP contribution < -0.4 is 26.5 Å². The Balaban J connectivity index is 1.74. The van der Waals surface area contributed by atoms with Crippen LogP contribution in [0.4, 0.5) is 11.4 Å². The van der Waals surface area contributed by atoms with Crippen LogP contribution in [0.5, 0.6) is 5.75 Å². The van der Waals surface area contributed by atoms with Crippen molar-refractivity contribution < 1.29 is 13.2 Å². The van der Waals surface area contributed by atoms with Crippen molar-refractivity contribution in [3.63, 3.8) is 0 Å². The largest absolute Gasteiger partial charge is 0.493 e. The van der Waals surface area contributed by atoms with Crippen molar-refractivity contribution >= 4 is 32.3 Å². The van der Waals surface area contributed by atoms with Crippen LogP contribution in [0.15, 0.2) is 52.5 Å². The van der Waals surface area contributed by atoms with Gasteiger partial charge in [0.2, 0.25) is 10.0 Å². The molecule has 0 aliphatic carbocycles. The first kappa shape index (κ1) is 23.3. The molecule has 2 heterocycles. The number of imidazole rings is 1. The Morgan fingerprint density at radius 2 is 1.94 bits per heavy atom. The lowest BCUT2D eigenvalue weighted by molar-refractivity contribution is 0.318. The number of fused-ring (bicyclic) bond motifs is 1. The number of sulfonamides is 1. The molecule has 34 heavy (non-hydrogen) atoms. The number of ether oxygens (including phenoxy) is 1. The molecular formula is C22H25N7O4S. The third-order valence-corrected chi connectivity index (χ3v) is 6.58. The Morgan fingerprint density at radius 3 is 2.68 bits per heavy atom. The second-order valence-electron chi connectivity index (χ2n) is 7.63. The fraction of sp³-hybridized carbons (Fsp3) is 0.227. The molecule has 0 amide bonds. The minimum absolute atomic E-state index is 0.00735. The van der Waals surface area contributed by atoms with Gasteiger partial charge in [-0.3, -0.25) is 4.79 Å². The Kier molecular flexibility index (Phi) is 6.52. The number of nitrogen functional groups attached to an aromatic ring is 2. The monoisotopic (exact) mass is 483 g/mol. The molecule has 0 saturated carbocycles. The number of anilines is 2. The van der Waals surface area contributed by atoms with Crippen LogP contribution >= 0.6 is 0 Å². The van der Waals surface area contributed by atoms with Crippen molar-refractivity contribution in [1.82, 2.24) is 24.7 Å². The molecule has 4 rings (SSSR count). The van der Waals surface area contributed by atoms with Gasteiger partial charge in [-0.15, -0.1) is 0 Å². The highest BCUT2D eigenvalue weighted by molar-refractivity contribution is 7.89. The molecule has 7 N–H and O–H groups in total. The van der Waals surface area contributed by atoms with Crippen LogP contribution in [-0.4, -0.2) is 41.5 Å². The lowest BCUT2D eigenvalue weighted by atomic mass is 10.1. The van der Waals surface area contributed by atoms with Gasteiger partial charge in [0.15, 0.2) is 0 Å². The molecular weight excluding hydrogens is 458 g/mol. The average Bonchev–Trinajstić information content (AvgIpc) is 3.32. The number of hydrogen-bond donors (Lipinski definition) is 5. The van der Waals surface area contributed by atoms with Crippen molar-refractivity contribution in [2.24, 2.45) is 0 Å². The second-order valence-corrected chi connectivity index (χ2v) is 9.39. The van der Waals surface area contributed by atoms with Crippen molar-refractivity contribution in [3.8, 4) is 17.1 Å². The maximum Gasteiger partial charge on any atom is 0.259 e. The third-order valence-electron chi connectivity index (χ3n) is 5.12. The van der Waals surface area contributed by atoms with Gasteiger partial charge < -0.3 is 26.2 Å². The molecule has 0 saturated heterocycles. The molecule has 2 aromatic heterocycles. The zero-order chi connectivity index (χ0) is 24.3. The summed E-state index contributed by atoms with van der Waals surface area (Å²) in [5, 5.41) is 0.273. The first-order valence-electron chi connectivity index (χ1n) is 10.6. The van der Waals surface area contributed by atoms with E-state index >= 15 is 0 Å². The summed E-state index contributed by atoms with van der Waals surface area (Å²) in [6.45, 7) is 2.52. The first-order chi connectivity index (χ1) is 16.3. The molecule has 0 spiro atoms. The molecule has 4 aromatic rings. The van der Waals surface area contributed by atoms with Gasteiger partial charge in [0.05, 0.1) is 51.4 Å². The van der Waals surface area contributed by atoms with Crippen LogP contribution in [-0.2, 0) is 16.4 Å². The summed E-state index contributed by atoms with van der Waals surface area (Å²) in [4.78, 5) is 26.8. The van der Waals surface area contributed by atoms with Crippen LogP contribution in [0.25, 0.3) is 22.3 Å². The summed E-state index contributed by atoms with van der Waals surface area (Å²) < 4.78 is 34.2. The van der Waals surface area contributed by atoms with E-state index in [1.807, 2.05) is 6.92 Å². The van der Waals surface area contributed by atoms with Gasteiger partial charge in [-0.25, -0.2) is 23.1 Å². The molecule has 0 unspecified atom stereocenters. The van der Waals surface area contributed by atoms with E-state index in [0.717, 1.165) is 12.1 Å². The lowest BCUT2D eigenvalue weighted by Gasteiger charge is -2.14. The second kappa shape index (κ2) is 9.53. The smallest absolute Gasteiger partial charge is 0.259 e. The molecule has 0 aliphatic rings. The molecule has 0 fully saturated rings. The molecule has 0 radical (unpaired) electrons. The molecule has 12 heteroatoms. The Hall–Kier alpha value is -3.90. The highest BCUT2D eigenvalue weighted by Crippen LogP contribution is 2.31. The number of aromatic nitrogens is 4. The van der Waals surface area contributed by atoms with E-state index in [2.05, 4.69) is 24.7 Å². The number of nitrogens with one attached hydrogen (secondary N) is 3. The molecule has 178 valence electrons. The summed E-state index contributed by atoms with van der Waals surface area (Å²) in [6.07, 6.45) is 4.40. The maximum atomic E-state index is 12.9. The highest BCUT2D eigenvalue weighted by Gasteiger charge is 2.19. The van der Waals surface area contributed by atoms with Crippen LogP contribution in [0, 0.1) is 0 Å². The average molecular weight is 484 g/mol. The van der Waals surface area contributed by atoms with Crippen LogP contribution in [0.1, 0.15) is 19.0 Å². The number of nitrogens with two attached hydrogens (primary N) is 2. The van der Waals surface area contributed by atoms with Crippen molar-refractivity contribution in [2.75, 3.05) is 24.6 Å². The molecule has 11 nitrogen and oxygen atoms in total. The SMILES string of the molecule is CCCOc1ccc(S(=O)(=O)NCCc2c[nH]cn2)cc1-c1nc2cc(N)c(N)cc2c(=O)[nH]1. The predicted molar refractivity (Wildman–Crippen MR) is 130 cm³/mol. The van der Waals surface area contributed by atoms with E-state index in [1.165, 1.54) is 30.6 Å². The van der Waals surface area contributed by atoms with E-state index in [0.29, 0.717) is 29.9 Å². The predicted octanol–water partition coefficient (Wildman–Crippen LogP) is 1.79. The normalized spacial score (nSPS) is 11.7. The summed E-state index contributed by atoms with van der Waals surface area (Å²) in [5.41, 5.74) is 13.2. The lowest BCUT2D eigenvalue weighted by Crippen LogP contribution is -2.26. The van der Waals surface area contributed by atoms with Crippen LogP contribution in [0.2, 0.25) is 0 Å². The fourth-order valence-corrected chi connectivity index (χ4v) is 4.43. The molecule has 0 atom stereocenters. The van der Waals surface area contributed by atoms with Crippen LogP contribution in [0.3, 0.4) is 0 Å². The first-order valence-corrected chi connectivity index (χ1v) is 12.1. The number of H-pyrrole nitrogens is 2. The van der Waals surface area contributed by atoms with Gasteiger partial charge in [-0.1, -0.05) is 6.92 Å². The molecule has 2 aromatic carbocycles. The maximum absolute atomic E-state index is 12.9. The van der Waals surface area contributed by atoms with Gasteiger partial charge in [0, 0.05) is 19.2 Å². The minimum atomic E-state index is -3.85. The quantitative estimate of drug-likeness (QED) is 0.223. The topological polar surface area (TPSA) is 182 Å². The Morgan fingerprint density at radius 1 is 1.15 bits per heavy atom. The van der Waals surface area contributed by atoms with Gasteiger partial charge >= 0.3 is 0 Å².